The molecule has 0 radical (unpaired) electrons. The fourth-order valence-electron chi connectivity index (χ4n) is 2.67. The number of hydrogen-bond donors (Lipinski definition) is 1. The molecule has 2 rings (SSSR count). The van der Waals surface area contributed by atoms with E-state index in [-0.39, 0.29) is 18.1 Å². The lowest BCUT2D eigenvalue weighted by Gasteiger charge is -2.06. The molecular weight excluding hydrogens is 346 g/mol. The lowest BCUT2D eigenvalue weighted by atomic mass is 10.1. The molecule has 0 atom stereocenters. The predicted molar refractivity (Wildman–Crippen MR) is 105 cm³/mol. The summed E-state index contributed by atoms with van der Waals surface area (Å²) >= 11 is 0. The van der Waals surface area contributed by atoms with Crippen molar-refractivity contribution in [2.75, 3.05) is 20.3 Å². The maximum Gasteiger partial charge on any atom is 0.311 e. The van der Waals surface area contributed by atoms with Crippen LogP contribution in [-0.2, 0) is 20.7 Å². The number of para-hydroxylation sites is 1. The zero-order valence-corrected chi connectivity index (χ0v) is 16.3. The first-order valence-corrected chi connectivity index (χ1v) is 9.03. The van der Waals surface area contributed by atoms with Crippen molar-refractivity contribution >= 4 is 11.7 Å². The zero-order chi connectivity index (χ0) is 19.8. The van der Waals surface area contributed by atoms with Crippen molar-refractivity contribution in [1.82, 2.24) is 9.78 Å². The van der Waals surface area contributed by atoms with E-state index in [9.17, 15) is 9.59 Å². The highest BCUT2D eigenvalue weighted by Gasteiger charge is 2.20. The van der Waals surface area contributed by atoms with Crippen LogP contribution in [0.2, 0.25) is 0 Å². The summed E-state index contributed by atoms with van der Waals surface area (Å²) in [4.78, 5) is 29.2. The van der Waals surface area contributed by atoms with Gasteiger partial charge >= 0.3 is 5.97 Å². The van der Waals surface area contributed by atoms with Crippen LogP contribution in [0.4, 0.5) is 0 Å². The SMILES string of the molecule is COC(=O)Cc1[nH]n(-c2ccccc2)c(=O)c1C(C)=NCCCOC(C)C. The zero-order valence-electron chi connectivity index (χ0n) is 16.3. The van der Waals surface area contributed by atoms with Gasteiger partial charge in [-0.05, 0) is 39.3 Å². The number of esters is 1. The molecule has 0 spiro atoms. The number of rotatable bonds is 9. The van der Waals surface area contributed by atoms with Crippen molar-refractivity contribution in [1.29, 1.82) is 0 Å². The Morgan fingerprint density at radius 3 is 2.59 bits per heavy atom. The second-order valence-electron chi connectivity index (χ2n) is 6.43. The van der Waals surface area contributed by atoms with Gasteiger partial charge in [-0.1, -0.05) is 18.2 Å². The number of ether oxygens (including phenoxy) is 2. The number of carbonyl (C=O) groups excluding carboxylic acids is 1. The van der Waals surface area contributed by atoms with E-state index in [0.29, 0.717) is 35.8 Å². The maximum absolute atomic E-state index is 13.0. The Balaban J connectivity index is 2.30. The summed E-state index contributed by atoms with van der Waals surface area (Å²) in [6.45, 7) is 6.92. The smallest absolute Gasteiger partial charge is 0.311 e. The van der Waals surface area contributed by atoms with E-state index in [1.54, 1.807) is 6.92 Å². The van der Waals surface area contributed by atoms with E-state index in [4.69, 9.17) is 9.47 Å². The molecule has 0 saturated heterocycles. The molecular formula is C20H27N3O4. The van der Waals surface area contributed by atoms with Crippen LogP contribution in [0.15, 0.2) is 40.1 Å². The summed E-state index contributed by atoms with van der Waals surface area (Å²) in [5.41, 5.74) is 1.96. The van der Waals surface area contributed by atoms with E-state index < -0.39 is 5.97 Å². The number of carbonyl (C=O) groups is 1. The molecule has 0 amide bonds. The molecule has 0 bridgehead atoms. The van der Waals surface area contributed by atoms with Gasteiger partial charge in [0.05, 0.1) is 36.6 Å². The lowest BCUT2D eigenvalue weighted by Crippen LogP contribution is -2.20. The van der Waals surface area contributed by atoms with Gasteiger partial charge in [0, 0.05) is 18.9 Å². The first-order chi connectivity index (χ1) is 12.9. The van der Waals surface area contributed by atoms with Crippen LogP contribution in [0, 0.1) is 0 Å². The highest BCUT2D eigenvalue weighted by atomic mass is 16.5. The Hall–Kier alpha value is -2.67. The summed E-state index contributed by atoms with van der Waals surface area (Å²) in [6, 6.07) is 9.20. The Labute approximate surface area is 159 Å². The van der Waals surface area contributed by atoms with Gasteiger partial charge in [0.2, 0.25) is 0 Å². The van der Waals surface area contributed by atoms with Crippen LogP contribution in [-0.4, -0.2) is 47.8 Å². The van der Waals surface area contributed by atoms with Crippen LogP contribution < -0.4 is 5.56 Å². The van der Waals surface area contributed by atoms with Crippen molar-refractivity contribution in [3.63, 3.8) is 0 Å². The first-order valence-electron chi connectivity index (χ1n) is 9.03. The topological polar surface area (TPSA) is 85.7 Å². The highest BCUT2D eigenvalue weighted by molar-refractivity contribution is 6.00. The molecule has 0 saturated carbocycles. The number of nitrogens with one attached hydrogen (secondary N) is 1. The Morgan fingerprint density at radius 2 is 1.96 bits per heavy atom. The van der Waals surface area contributed by atoms with E-state index in [2.05, 4.69) is 10.1 Å². The summed E-state index contributed by atoms with van der Waals surface area (Å²) in [6.07, 6.45) is 0.924. The Kier molecular flexibility index (Phi) is 7.55. The third kappa shape index (κ3) is 5.65. The third-order valence-corrected chi connectivity index (χ3v) is 3.99. The molecule has 1 aromatic heterocycles. The van der Waals surface area contributed by atoms with Crippen molar-refractivity contribution in [2.45, 2.75) is 39.7 Å². The fourth-order valence-corrected chi connectivity index (χ4v) is 2.67. The van der Waals surface area contributed by atoms with Gasteiger partial charge in [0.15, 0.2) is 0 Å². The van der Waals surface area contributed by atoms with Gasteiger partial charge in [-0.2, -0.15) is 0 Å². The quantitative estimate of drug-likeness (QED) is 0.416. The van der Waals surface area contributed by atoms with Crippen molar-refractivity contribution in [2.24, 2.45) is 4.99 Å². The van der Waals surface area contributed by atoms with E-state index >= 15 is 0 Å². The van der Waals surface area contributed by atoms with Crippen LogP contribution in [0.3, 0.4) is 0 Å². The number of methoxy groups -OCH3 is 1. The minimum Gasteiger partial charge on any atom is -0.469 e. The predicted octanol–water partition coefficient (Wildman–Crippen LogP) is 2.51. The molecule has 1 N–H and O–H groups in total. The first kappa shape index (κ1) is 20.6. The summed E-state index contributed by atoms with van der Waals surface area (Å²) in [7, 11) is 1.32. The standard InChI is InChI=1S/C20H27N3O4/c1-14(2)27-12-8-11-21-15(3)19-17(13-18(24)26-4)22-23(20(19)25)16-9-6-5-7-10-16/h5-7,9-10,14,22H,8,11-13H2,1-4H3. The van der Waals surface area contributed by atoms with Gasteiger partial charge in [-0.3, -0.25) is 19.7 Å². The van der Waals surface area contributed by atoms with E-state index in [1.807, 2.05) is 44.2 Å². The van der Waals surface area contributed by atoms with Gasteiger partial charge in [0.25, 0.3) is 5.56 Å². The number of aromatic nitrogens is 2. The molecule has 0 unspecified atom stereocenters. The normalized spacial score (nSPS) is 11.8. The molecule has 0 aliphatic heterocycles. The van der Waals surface area contributed by atoms with E-state index in [1.165, 1.54) is 11.8 Å². The lowest BCUT2D eigenvalue weighted by molar-refractivity contribution is -0.139. The van der Waals surface area contributed by atoms with Crippen LogP contribution in [0.5, 0.6) is 0 Å². The highest BCUT2D eigenvalue weighted by Crippen LogP contribution is 2.10. The van der Waals surface area contributed by atoms with Gasteiger partial charge in [-0.15, -0.1) is 0 Å². The maximum atomic E-state index is 13.0. The van der Waals surface area contributed by atoms with Crippen molar-refractivity contribution in [3.05, 3.63) is 51.9 Å². The van der Waals surface area contributed by atoms with Gasteiger partial charge in [-0.25, -0.2) is 4.68 Å². The number of hydrogen-bond acceptors (Lipinski definition) is 5. The van der Waals surface area contributed by atoms with Crippen molar-refractivity contribution < 1.29 is 14.3 Å². The summed E-state index contributed by atoms with van der Waals surface area (Å²) in [5.74, 6) is -0.421. The van der Waals surface area contributed by atoms with Crippen LogP contribution >= 0.6 is 0 Å². The van der Waals surface area contributed by atoms with Crippen LogP contribution in [0.25, 0.3) is 5.69 Å². The molecule has 1 aromatic carbocycles. The second-order valence-corrected chi connectivity index (χ2v) is 6.43. The fraction of sp³-hybridized carbons (Fsp3) is 0.450. The molecule has 0 aliphatic rings. The summed E-state index contributed by atoms with van der Waals surface area (Å²) in [5, 5.41) is 3.03. The summed E-state index contributed by atoms with van der Waals surface area (Å²) < 4.78 is 11.7. The number of H-pyrrole nitrogens is 1. The molecule has 7 nitrogen and oxygen atoms in total. The molecule has 2 aromatic rings. The molecule has 146 valence electrons. The largest absolute Gasteiger partial charge is 0.469 e. The van der Waals surface area contributed by atoms with Crippen LogP contribution in [0.1, 0.15) is 38.4 Å². The van der Waals surface area contributed by atoms with E-state index in [0.717, 1.165) is 6.42 Å². The molecule has 1 heterocycles. The number of aromatic amines is 1. The number of aliphatic imine (C=N–C) groups is 1. The average molecular weight is 373 g/mol. The molecule has 27 heavy (non-hydrogen) atoms. The minimum absolute atomic E-state index is 0.0236. The van der Waals surface area contributed by atoms with Crippen molar-refractivity contribution in [3.8, 4) is 5.69 Å². The van der Waals surface area contributed by atoms with Gasteiger partial charge in [0.1, 0.15) is 0 Å². The second kappa shape index (κ2) is 9.87. The Morgan fingerprint density at radius 1 is 1.26 bits per heavy atom. The van der Waals surface area contributed by atoms with Gasteiger partial charge < -0.3 is 9.47 Å². The Bertz CT molecular complexity index is 835. The monoisotopic (exact) mass is 373 g/mol. The number of benzene rings is 1. The molecule has 0 fully saturated rings. The number of nitrogens with zero attached hydrogens (tertiary/aromatic N) is 2. The average Bonchev–Trinajstić information content (AvgIpc) is 2.97. The minimum atomic E-state index is -0.421. The third-order valence-electron chi connectivity index (χ3n) is 3.99. The molecule has 7 heteroatoms. The molecule has 0 aliphatic carbocycles.